The molecule has 8 heteroatoms. The number of aromatic nitrogens is 1. The van der Waals surface area contributed by atoms with Gasteiger partial charge in [0.2, 0.25) is 0 Å². The number of thiazole rings is 1. The predicted molar refractivity (Wildman–Crippen MR) is 83.6 cm³/mol. The Balaban J connectivity index is 1.49. The van der Waals surface area contributed by atoms with Crippen LogP contribution in [-0.4, -0.2) is 53.4 Å². The van der Waals surface area contributed by atoms with Crippen molar-refractivity contribution < 1.29 is 18.3 Å². The van der Waals surface area contributed by atoms with E-state index in [1.807, 2.05) is 5.38 Å². The maximum atomic E-state index is 12.5. The molecule has 0 radical (unpaired) electrons. The third kappa shape index (κ3) is 4.16. The Kier molecular flexibility index (Phi) is 4.85. The molecule has 0 bridgehead atoms. The molecule has 1 saturated carbocycles. The molecule has 1 atom stereocenters. The van der Waals surface area contributed by atoms with Crippen LogP contribution in [0.1, 0.15) is 31.4 Å². The molecule has 1 aromatic rings. The molecule has 0 aromatic carbocycles. The summed E-state index contributed by atoms with van der Waals surface area (Å²) < 4.78 is 37.6. The predicted octanol–water partition coefficient (Wildman–Crippen LogP) is 2.88. The second-order valence-corrected chi connectivity index (χ2v) is 7.40. The van der Waals surface area contributed by atoms with Gasteiger partial charge in [-0.3, -0.25) is 4.90 Å². The highest BCUT2D eigenvalue weighted by Crippen LogP contribution is 2.33. The number of aliphatic hydroxyl groups is 1. The van der Waals surface area contributed by atoms with Crippen LogP contribution in [0, 0.1) is 5.92 Å². The fourth-order valence-corrected chi connectivity index (χ4v) is 3.93. The molecule has 0 amide bonds. The van der Waals surface area contributed by atoms with Crippen LogP contribution < -0.4 is 4.90 Å². The SMILES string of the molecule is CN(c1nc(CN2CCC(C(O)C(F)(F)F)CC2)cs1)C1CC1. The van der Waals surface area contributed by atoms with E-state index < -0.39 is 18.2 Å². The summed E-state index contributed by atoms with van der Waals surface area (Å²) in [7, 11) is 2.06. The fourth-order valence-electron chi connectivity index (χ4n) is 3.07. The van der Waals surface area contributed by atoms with E-state index in [-0.39, 0.29) is 0 Å². The zero-order valence-corrected chi connectivity index (χ0v) is 13.9. The summed E-state index contributed by atoms with van der Waals surface area (Å²) >= 11 is 1.62. The summed E-state index contributed by atoms with van der Waals surface area (Å²) in [5, 5.41) is 12.4. The Bertz CT molecular complexity index is 524. The first-order chi connectivity index (χ1) is 10.8. The Labute approximate surface area is 137 Å². The number of hydrogen-bond donors (Lipinski definition) is 1. The number of piperidine rings is 1. The fraction of sp³-hybridized carbons (Fsp3) is 0.800. The van der Waals surface area contributed by atoms with Crippen molar-refractivity contribution in [1.29, 1.82) is 0 Å². The molecule has 1 aliphatic carbocycles. The molecular formula is C15H22F3N3OS. The number of aliphatic hydroxyl groups excluding tert-OH is 1. The molecule has 130 valence electrons. The minimum Gasteiger partial charge on any atom is -0.383 e. The van der Waals surface area contributed by atoms with Gasteiger partial charge in [-0.15, -0.1) is 11.3 Å². The van der Waals surface area contributed by atoms with Gasteiger partial charge in [0.05, 0.1) is 5.69 Å². The van der Waals surface area contributed by atoms with Gasteiger partial charge in [-0.2, -0.15) is 13.2 Å². The van der Waals surface area contributed by atoms with Crippen molar-refractivity contribution in [3.05, 3.63) is 11.1 Å². The van der Waals surface area contributed by atoms with Gasteiger partial charge in [0.1, 0.15) is 0 Å². The lowest BCUT2D eigenvalue weighted by molar-refractivity contribution is -0.223. The quantitative estimate of drug-likeness (QED) is 0.887. The summed E-state index contributed by atoms with van der Waals surface area (Å²) in [5.41, 5.74) is 0.979. The van der Waals surface area contributed by atoms with Crippen molar-refractivity contribution in [2.75, 3.05) is 25.0 Å². The maximum absolute atomic E-state index is 12.5. The van der Waals surface area contributed by atoms with E-state index in [0.29, 0.717) is 38.5 Å². The lowest BCUT2D eigenvalue weighted by atomic mass is 9.91. The number of alkyl halides is 3. The molecule has 4 nitrogen and oxygen atoms in total. The molecule has 0 spiro atoms. The van der Waals surface area contributed by atoms with E-state index in [4.69, 9.17) is 0 Å². The van der Waals surface area contributed by atoms with E-state index in [2.05, 4.69) is 21.8 Å². The van der Waals surface area contributed by atoms with Gasteiger partial charge < -0.3 is 10.0 Å². The van der Waals surface area contributed by atoms with E-state index >= 15 is 0 Å². The van der Waals surface area contributed by atoms with Gasteiger partial charge in [0, 0.05) is 25.0 Å². The van der Waals surface area contributed by atoms with E-state index in [9.17, 15) is 18.3 Å². The molecule has 1 aliphatic heterocycles. The standard InChI is InChI=1S/C15H22F3N3OS/c1-20(12-2-3-12)14-19-11(9-23-14)8-21-6-4-10(5-7-21)13(22)15(16,17)18/h9-10,12-13,22H,2-8H2,1H3. The second kappa shape index (κ2) is 6.57. The Hall–Kier alpha value is -0.860. The second-order valence-electron chi connectivity index (χ2n) is 6.56. The van der Waals surface area contributed by atoms with Crippen molar-refractivity contribution in [3.63, 3.8) is 0 Å². The summed E-state index contributed by atoms with van der Waals surface area (Å²) in [6.07, 6.45) is -3.51. The number of rotatable bonds is 5. The van der Waals surface area contributed by atoms with Crippen LogP contribution in [0.4, 0.5) is 18.3 Å². The molecule has 1 aromatic heterocycles. The first-order valence-corrected chi connectivity index (χ1v) is 8.87. The molecule has 3 rings (SSSR count). The Morgan fingerprint density at radius 2 is 2.00 bits per heavy atom. The number of nitrogens with zero attached hydrogens (tertiary/aromatic N) is 3. The minimum atomic E-state index is -4.51. The summed E-state index contributed by atoms with van der Waals surface area (Å²) in [5.74, 6) is -0.682. The van der Waals surface area contributed by atoms with E-state index in [1.54, 1.807) is 11.3 Å². The average Bonchev–Trinajstić information content (AvgIpc) is 3.26. The van der Waals surface area contributed by atoms with Gasteiger partial charge in [0.25, 0.3) is 0 Å². The minimum absolute atomic E-state index is 0.375. The zero-order chi connectivity index (χ0) is 16.6. The van der Waals surface area contributed by atoms with Crippen LogP contribution in [-0.2, 0) is 6.54 Å². The van der Waals surface area contributed by atoms with Crippen molar-refractivity contribution in [2.45, 2.75) is 50.6 Å². The molecule has 1 unspecified atom stereocenters. The van der Waals surface area contributed by atoms with Gasteiger partial charge in [-0.25, -0.2) is 4.98 Å². The lowest BCUT2D eigenvalue weighted by Crippen LogP contribution is -2.43. The van der Waals surface area contributed by atoms with E-state index in [1.165, 1.54) is 12.8 Å². The van der Waals surface area contributed by atoms with Crippen molar-refractivity contribution in [1.82, 2.24) is 9.88 Å². The molecule has 2 heterocycles. The van der Waals surface area contributed by atoms with Crippen LogP contribution >= 0.6 is 11.3 Å². The largest absolute Gasteiger partial charge is 0.414 e. The molecule has 1 N–H and O–H groups in total. The third-order valence-corrected chi connectivity index (χ3v) is 5.72. The normalized spacial score (nSPS) is 22.3. The lowest BCUT2D eigenvalue weighted by Gasteiger charge is -2.34. The highest BCUT2D eigenvalue weighted by Gasteiger charge is 2.44. The highest BCUT2D eigenvalue weighted by atomic mass is 32.1. The van der Waals surface area contributed by atoms with E-state index in [0.717, 1.165) is 10.8 Å². The summed E-state index contributed by atoms with van der Waals surface area (Å²) in [6.45, 7) is 1.82. The Morgan fingerprint density at radius 3 is 2.57 bits per heavy atom. The highest BCUT2D eigenvalue weighted by molar-refractivity contribution is 7.13. The Morgan fingerprint density at radius 1 is 1.35 bits per heavy atom. The first kappa shape index (κ1) is 17.0. The smallest absolute Gasteiger partial charge is 0.383 e. The van der Waals surface area contributed by atoms with Gasteiger partial charge >= 0.3 is 6.18 Å². The zero-order valence-electron chi connectivity index (χ0n) is 13.1. The van der Waals surface area contributed by atoms with Crippen LogP contribution in [0.3, 0.4) is 0 Å². The van der Waals surface area contributed by atoms with Gasteiger partial charge in [-0.1, -0.05) is 0 Å². The molecular weight excluding hydrogens is 327 g/mol. The van der Waals surface area contributed by atoms with Crippen LogP contribution in [0.25, 0.3) is 0 Å². The summed E-state index contributed by atoms with van der Waals surface area (Å²) in [6, 6.07) is 0.619. The maximum Gasteiger partial charge on any atom is 0.414 e. The third-order valence-electron chi connectivity index (χ3n) is 4.74. The first-order valence-electron chi connectivity index (χ1n) is 7.99. The van der Waals surface area contributed by atoms with Crippen LogP contribution in [0.5, 0.6) is 0 Å². The number of anilines is 1. The molecule has 2 fully saturated rings. The number of hydrogen-bond acceptors (Lipinski definition) is 5. The van der Waals surface area contributed by atoms with Crippen LogP contribution in [0.2, 0.25) is 0 Å². The molecule has 2 aliphatic rings. The monoisotopic (exact) mass is 349 g/mol. The van der Waals surface area contributed by atoms with Crippen molar-refractivity contribution in [3.8, 4) is 0 Å². The van der Waals surface area contributed by atoms with Gasteiger partial charge in [-0.05, 0) is 44.7 Å². The van der Waals surface area contributed by atoms with Gasteiger partial charge in [0.15, 0.2) is 11.2 Å². The average molecular weight is 349 g/mol. The molecule has 1 saturated heterocycles. The molecule has 23 heavy (non-hydrogen) atoms. The number of halogens is 3. The van der Waals surface area contributed by atoms with Crippen LogP contribution in [0.15, 0.2) is 5.38 Å². The van der Waals surface area contributed by atoms with Crippen molar-refractivity contribution >= 4 is 16.5 Å². The number of likely N-dealkylation sites (tertiary alicyclic amines) is 1. The van der Waals surface area contributed by atoms with Crippen molar-refractivity contribution in [2.24, 2.45) is 5.92 Å². The summed E-state index contributed by atoms with van der Waals surface area (Å²) in [4.78, 5) is 8.96. The topological polar surface area (TPSA) is 39.6 Å².